The van der Waals surface area contributed by atoms with Crippen LogP contribution in [0.1, 0.15) is 30.6 Å². The highest BCUT2D eigenvalue weighted by Gasteiger charge is 2.33. The van der Waals surface area contributed by atoms with Crippen molar-refractivity contribution in [1.82, 2.24) is 14.3 Å². The zero-order valence-corrected chi connectivity index (χ0v) is 18.3. The smallest absolute Gasteiger partial charge is 0.267 e. The summed E-state index contributed by atoms with van der Waals surface area (Å²) in [4.78, 5) is 35.3. The van der Waals surface area contributed by atoms with E-state index in [2.05, 4.69) is 4.90 Å². The van der Waals surface area contributed by atoms with Crippen LogP contribution < -0.4 is 10.5 Å². The number of pyridine rings is 1. The molecular weight excluding hydrogens is 432 g/mol. The van der Waals surface area contributed by atoms with Gasteiger partial charge in [-0.3, -0.25) is 18.9 Å². The molecule has 2 saturated heterocycles. The van der Waals surface area contributed by atoms with Crippen molar-refractivity contribution in [2.45, 2.75) is 25.8 Å². The van der Waals surface area contributed by atoms with Crippen LogP contribution in [0.25, 0.3) is 11.7 Å². The molecule has 2 aliphatic rings. The van der Waals surface area contributed by atoms with Gasteiger partial charge in [0, 0.05) is 19.3 Å². The van der Waals surface area contributed by atoms with Crippen LogP contribution in [-0.2, 0) is 11.3 Å². The molecule has 0 aromatic carbocycles. The van der Waals surface area contributed by atoms with Crippen LogP contribution >= 0.6 is 24.0 Å². The first-order valence-electron chi connectivity index (χ1n) is 10.2. The molecule has 0 radical (unpaired) electrons. The van der Waals surface area contributed by atoms with E-state index in [1.165, 1.54) is 27.5 Å². The van der Waals surface area contributed by atoms with E-state index in [0.29, 0.717) is 32.0 Å². The topological polar surface area (TPSA) is 71.1 Å². The molecule has 158 valence electrons. The van der Waals surface area contributed by atoms with Crippen molar-refractivity contribution >= 4 is 51.7 Å². The van der Waals surface area contributed by atoms with E-state index < -0.39 is 0 Å². The summed E-state index contributed by atoms with van der Waals surface area (Å²) in [5.74, 6) is 1.06. The number of aromatic nitrogens is 2. The Morgan fingerprint density at radius 2 is 1.97 bits per heavy atom. The summed E-state index contributed by atoms with van der Waals surface area (Å²) in [6.45, 7) is 1.95. The molecule has 0 saturated carbocycles. The van der Waals surface area contributed by atoms with Gasteiger partial charge in [0.2, 0.25) is 0 Å². The Morgan fingerprint density at radius 3 is 2.74 bits per heavy atom. The molecule has 0 aliphatic carbocycles. The highest BCUT2D eigenvalue weighted by atomic mass is 32.2. The maximum Gasteiger partial charge on any atom is 0.267 e. The van der Waals surface area contributed by atoms with E-state index in [9.17, 15) is 9.59 Å². The van der Waals surface area contributed by atoms with Crippen LogP contribution in [0.5, 0.6) is 0 Å². The van der Waals surface area contributed by atoms with Crippen molar-refractivity contribution in [1.29, 1.82) is 0 Å². The average Bonchev–Trinajstić information content (AvgIpc) is 3.40. The quantitative estimate of drug-likeness (QED) is 0.442. The van der Waals surface area contributed by atoms with E-state index >= 15 is 0 Å². The van der Waals surface area contributed by atoms with E-state index in [1.807, 2.05) is 12.1 Å². The van der Waals surface area contributed by atoms with Crippen molar-refractivity contribution in [2.75, 3.05) is 18.0 Å². The number of anilines is 1. The summed E-state index contributed by atoms with van der Waals surface area (Å²) >= 11 is 6.63. The van der Waals surface area contributed by atoms with Crippen LogP contribution in [0.15, 0.2) is 56.9 Å². The number of rotatable bonds is 4. The molecule has 7 nitrogen and oxygen atoms in total. The third-order valence-electron chi connectivity index (χ3n) is 5.45. The summed E-state index contributed by atoms with van der Waals surface area (Å²) in [6.07, 6.45) is 8.20. The Morgan fingerprint density at radius 1 is 1.13 bits per heavy atom. The van der Waals surface area contributed by atoms with Gasteiger partial charge in [-0.05, 0) is 49.6 Å². The fourth-order valence-electron chi connectivity index (χ4n) is 3.89. The number of fused-ring (bicyclic) bond motifs is 1. The molecule has 31 heavy (non-hydrogen) atoms. The number of thiocarbonyl (C=S) groups is 1. The molecule has 2 aliphatic heterocycles. The lowest BCUT2D eigenvalue weighted by atomic mass is 10.1. The number of hydrogen-bond acceptors (Lipinski definition) is 7. The maximum atomic E-state index is 13.4. The normalized spacial score (nSPS) is 18.5. The highest BCUT2D eigenvalue weighted by molar-refractivity contribution is 8.26. The number of carbonyl (C=O) groups is 1. The first-order valence-corrected chi connectivity index (χ1v) is 11.4. The molecule has 0 unspecified atom stereocenters. The lowest BCUT2D eigenvalue weighted by molar-refractivity contribution is -0.122. The van der Waals surface area contributed by atoms with Gasteiger partial charge in [0.05, 0.1) is 23.3 Å². The van der Waals surface area contributed by atoms with E-state index in [-0.39, 0.29) is 18.0 Å². The lowest BCUT2D eigenvalue weighted by Gasteiger charge is -2.29. The molecule has 0 atom stereocenters. The first-order chi connectivity index (χ1) is 15.1. The van der Waals surface area contributed by atoms with Gasteiger partial charge in [-0.25, -0.2) is 4.98 Å². The van der Waals surface area contributed by atoms with Gasteiger partial charge in [-0.1, -0.05) is 30.0 Å². The third-order valence-corrected chi connectivity index (χ3v) is 6.83. The van der Waals surface area contributed by atoms with Crippen LogP contribution in [-0.4, -0.2) is 37.6 Å². The highest BCUT2D eigenvalue weighted by Crippen LogP contribution is 2.34. The molecule has 3 aromatic heterocycles. The minimum atomic E-state index is -0.228. The Bertz CT molecular complexity index is 1240. The van der Waals surface area contributed by atoms with Gasteiger partial charge >= 0.3 is 0 Å². The molecule has 2 fully saturated rings. The third kappa shape index (κ3) is 3.79. The number of hydrogen-bond donors (Lipinski definition) is 0. The summed E-state index contributed by atoms with van der Waals surface area (Å²) < 4.78 is 7.32. The summed E-state index contributed by atoms with van der Waals surface area (Å²) in [5.41, 5.74) is 0.821. The summed E-state index contributed by atoms with van der Waals surface area (Å²) in [6, 6.07) is 9.05. The number of thioether (sulfide) groups is 1. The Labute approximate surface area is 188 Å². The molecule has 5 heterocycles. The second kappa shape index (κ2) is 8.32. The van der Waals surface area contributed by atoms with Crippen molar-refractivity contribution in [3.8, 4) is 0 Å². The standard InChI is InChI=1S/C22H20N4O3S2/c27-20-16(13-17-21(28)26(22(30)31-17)14-15-7-6-12-29-15)19(24-9-3-1-4-10-24)23-18-8-2-5-11-25(18)20/h2,5-8,11-13H,1,3-4,9-10,14H2/b17-13+. The molecule has 0 N–H and O–H groups in total. The summed E-state index contributed by atoms with van der Waals surface area (Å²) in [7, 11) is 0. The second-order valence-corrected chi connectivity index (χ2v) is 9.15. The SMILES string of the molecule is O=C1/C(=C\c2c(N3CCCCC3)nc3ccccn3c2=O)SC(=S)N1Cc1ccco1. The number of nitrogens with zero attached hydrogens (tertiary/aromatic N) is 4. The Hall–Kier alpha value is -2.91. The predicted molar refractivity (Wildman–Crippen MR) is 125 cm³/mol. The molecular formula is C22H20N4O3S2. The molecule has 5 rings (SSSR count). The molecule has 0 bridgehead atoms. The van der Waals surface area contributed by atoms with Gasteiger partial charge < -0.3 is 9.32 Å². The minimum absolute atomic E-state index is 0.192. The Kier molecular flexibility index (Phi) is 5.37. The monoisotopic (exact) mass is 452 g/mol. The van der Waals surface area contributed by atoms with Gasteiger partial charge in [-0.2, -0.15) is 0 Å². The lowest BCUT2D eigenvalue weighted by Crippen LogP contribution is -2.33. The summed E-state index contributed by atoms with van der Waals surface area (Å²) in [5, 5.41) is 0. The van der Waals surface area contributed by atoms with Crippen molar-refractivity contribution in [3.05, 3.63) is 69.4 Å². The van der Waals surface area contributed by atoms with Crippen molar-refractivity contribution in [3.63, 3.8) is 0 Å². The molecule has 3 aromatic rings. The van der Waals surface area contributed by atoms with E-state index in [1.54, 1.807) is 36.7 Å². The Balaban J connectivity index is 1.58. The first kappa shape index (κ1) is 20.0. The van der Waals surface area contributed by atoms with Gasteiger partial charge in [0.15, 0.2) is 0 Å². The van der Waals surface area contributed by atoms with Crippen LogP contribution in [0.4, 0.5) is 5.82 Å². The molecule has 1 amide bonds. The van der Waals surface area contributed by atoms with Gasteiger partial charge in [0.1, 0.15) is 21.5 Å². The predicted octanol–water partition coefficient (Wildman–Crippen LogP) is 3.68. The van der Waals surface area contributed by atoms with Crippen molar-refractivity contribution < 1.29 is 9.21 Å². The minimum Gasteiger partial charge on any atom is -0.467 e. The fraction of sp³-hybridized carbons (Fsp3) is 0.273. The zero-order chi connectivity index (χ0) is 21.4. The van der Waals surface area contributed by atoms with Crippen LogP contribution in [0, 0.1) is 0 Å². The molecule has 0 spiro atoms. The molecule has 9 heteroatoms. The largest absolute Gasteiger partial charge is 0.467 e. The van der Waals surface area contributed by atoms with Crippen LogP contribution in [0.3, 0.4) is 0 Å². The van der Waals surface area contributed by atoms with E-state index in [0.717, 1.165) is 25.9 Å². The number of piperidine rings is 1. The number of amides is 1. The van der Waals surface area contributed by atoms with E-state index in [4.69, 9.17) is 21.6 Å². The van der Waals surface area contributed by atoms with Gasteiger partial charge in [0.25, 0.3) is 11.5 Å². The van der Waals surface area contributed by atoms with Gasteiger partial charge in [-0.15, -0.1) is 0 Å². The average molecular weight is 453 g/mol. The van der Waals surface area contributed by atoms with Crippen LogP contribution in [0.2, 0.25) is 0 Å². The second-order valence-electron chi connectivity index (χ2n) is 7.48. The number of furan rings is 1. The van der Waals surface area contributed by atoms with Crippen molar-refractivity contribution in [2.24, 2.45) is 0 Å². The maximum absolute atomic E-state index is 13.4. The zero-order valence-electron chi connectivity index (χ0n) is 16.7. The fourth-order valence-corrected chi connectivity index (χ4v) is 5.13. The number of carbonyl (C=O) groups excluding carboxylic acids is 1.